The van der Waals surface area contributed by atoms with Crippen molar-refractivity contribution in [1.82, 2.24) is 10.2 Å². The molecule has 1 fully saturated rings. The molecule has 0 radical (unpaired) electrons. The fourth-order valence-corrected chi connectivity index (χ4v) is 7.79. The number of carbonyl (C=O) groups excluding carboxylic acids is 3. The fraction of sp³-hybridized carbons (Fsp3) is 0.441. The summed E-state index contributed by atoms with van der Waals surface area (Å²) >= 11 is 3.25. The average molecular weight is 636 g/mol. The third-order valence-corrected chi connectivity index (χ3v) is 10.3. The third kappa shape index (κ3) is 5.12. The minimum atomic E-state index is -0.593. The summed E-state index contributed by atoms with van der Waals surface area (Å²) in [6.07, 6.45) is 2.94. The van der Waals surface area contributed by atoms with Gasteiger partial charge in [-0.05, 0) is 69.8 Å². The smallest absolute Gasteiger partial charge is 0.410 e. The second-order valence-electron chi connectivity index (χ2n) is 12.8. The summed E-state index contributed by atoms with van der Waals surface area (Å²) in [6.45, 7) is 6.68. The first kappa shape index (κ1) is 28.8. The molecule has 4 aliphatic rings. The zero-order chi connectivity index (χ0) is 29.8. The lowest BCUT2D eigenvalue weighted by atomic mass is 9.64. The van der Waals surface area contributed by atoms with E-state index in [0.29, 0.717) is 41.2 Å². The van der Waals surface area contributed by atoms with Crippen molar-refractivity contribution in [2.75, 3.05) is 13.1 Å². The van der Waals surface area contributed by atoms with Crippen LogP contribution in [0.5, 0.6) is 0 Å². The number of hydrogen-bond donors (Lipinski definition) is 1. The van der Waals surface area contributed by atoms with E-state index in [4.69, 9.17) is 4.74 Å². The maximum absolute atomic E-state index is 14.1. The van der Waals surface area contributed by atoms with E-state index in [2.05, 4.69) is 54.2 Å². The van der Waals surface area contributed by atoms with Gasteiger partial charge >= 0.3 is 6.09 Å². The molecule has 2 heterocycles. The Labute approximate surface area is 254 Å². The molecule has 8 heteroatoms. The van der Waals surface area contributed by atoms with E-state index in [1.165, 1.54) is 16.5 Å². The van der Waals surface area contributed by atoms with E-state index in [1.807, 2.05) is 18.2 Å². The number of nitrogens with zero attached hydrogens (tertiary/aromatic N) is 1. The van der Waals surface area contributed by atoms with Gasteiger partial charge in [0, 0.05) is 40.8 Å². The number of hydrogen-bond acceptors (Lipinski definition) is 5. The summed E-state index contributed by atoms with van der Waals surface area (Å²) in [5.74, 6) is -0.684. The minimum absolute atomic E-state index is 0.0115. The van der Waals surface area contributed by atoms with Gasteiger partial charge in [-0.15, -0.1) is 0 Å². The van der Waals surface area contributed by atoms with Crippen molar-refractivity contribution in [3.63, 3.8) is 0 Å². The van der Waals surface area contributed by atoms with Crippen LogP contribution < -0.4 is 5.32 Å². The maximum Gasteiger partial charge on any atom is 0.410 e. The number of rotatable bonds is 4. The Morgan fingerprint density at radius 2 is 1.74 bits per heavy atom. The average Bonchev–Trinajstić information content (AvgIpc) is 3.33. The van der Waals surface area contributed by atoms with Crippen LogP contribution in [0.15, 0.2) is 75.5 Å². The number of carbonyl (C=O) groups is 3. The van der Waals surface area contributed by atoms with E-state index in [9.17, 15) is 18.8 Å². The van der Waals surface area contributed by atoms with Crippen LogP contribution in [0.4, 0.5) is 9.18 Å². The van der Waals surface area contributed by atoms with Crippen LogP contribution in [-0.2, 0) is 19.7 Å². The largest absolute Gasteiger partial charge is 0.446 e. The van der Waals surface area contributed by atoms with Crippen LogP contribution in [0.1, 0.15) is 69.9 Å². The first-order valence-corrected chi connectivity index (χ1v) is 15.6. The van der Waals surface area contributed by atoms with Crippen LogP contribution in [0.25, 0.3) is 0 Å². The number of dihydropyridines is 1. The molecule has 220 valence electrons. The second kappa shape index (κ2) is 11.1. The molecule has 0 unspecified atom stereocenters. The van der Waals surface area contributed by atoms with Crippen LogP contribution in [0.3, 0.4) is 0 Å². The fourth-order valence-electron chi connectivity index (χ4n) is 7.39. The standard InChI is InChI=1S/C34H36BrFN2O4/c1-19-9-11-22(34(2,3)21-7-5-4-6-8-21)29(15-19)42-33(41)38-17-26-32(28(40)18-38)30(20-10-12-24(36)23(35)16-20)31-25(37-26)13-14-27(31)39/h4-8,10,12,16,19,22,29-30,37H,9,11,13-15,17-18H2,1-3H3/t19-,22-,29-,30-/m1/s1. The molecule has 6 nitrogen and oxygen atoms in total. The first-order valence-electron chi connectivity index (χ1n) is 14.8. The van der Waals surface area contributed by atoms with Gasteiger partial charge in [0.2, 0.25) is 0 Å². The molecule has 0 aromatic heterocycles. The normalized spacial score (nSPS) is 26.2. The highest BCUT2D eigenvalue weighted by Crippen LogP contribution is 2.46. The van der Waals surface area contributed by atoms with Crippen molar-refractivity contribution >= 4 is 33.6 Å². The number of Topliss-reactive ketones (excluding diaryl/α,β-unsaturated/α-hetero) is 2. The number of allylic oxidation sites excluding steroid dienone is 2. The van der Waals surface area contributed by atoms with Gasteiger partial charge in [-0.25, -0.2) is 9.18 Å². The van der Waals surface area contributed by atoms with Gasteiger partial charge in [0.1, 0.15) is 11.9 Å². The van der Waals surface area contributed by atoms with Crippen molar-refractivity contribution in [3.8, 4) is 0 Å². The Kier molecular flexibility index (Phi) is 7.62. The van der Waals surface area contributed by atoms with Gasteiger partial charge < -0.3 is 10.1 Å². The van der Waals surface area contributed by atoms with Gasteiger partial charge in [-0.2, -0.15) is 0 Å². The zero-order valence-electron chi connectivity index (χ0n) is 24.2. The van der Waals surface area contributed by atoms with Crippen molar-refractivity contribution in [3.05, 3.63) is 92.5 Å². The van der Waals surface area contributed by atoms with Gasteiger partial charge in [0.25, 0.3) is 0 Å². The summed E-state index contributed by atoms with van der Waals surface area (Å²) in [4.78, 5) is 41.9. The predicted octanol–water partition coefficient (Wildman–Crippen LogP) is 6.95. The molecule has 0 saturated heterocycles. The Morgan fingerprint density at radius 1 is 1.00 bits per heavy atom. The van der Waals surface area contributed by atoms with Crippen LogP contribution in [-0.4, -0.2) is 41.8 Å². The molecule has 4 atom stereocenters. The second-order valence-corrected chi connectivity index (χ2v) is 13.6. The number of halogens is 2. The van der Waals surface area contributed by atoms with E-state index in [0.717, 1.165) is 25.0 Å². The number of ether oxygens (including phenoxy) is 1. The Morgan fingerprint density at radius 3 is 2.48 bits per heavy atom. The summed E-state index contributed by atoms with van der Waals surface area (Å²) in [5.41, 5.74) is 4.12. The highest BCUT2D eigenvalue weighted by Gasteiger charge is 2.46. The van der Waals surface area contributed by atoms with E-state index >= 15 is 0 Å². The lowest BCUT2D eigenvalue weighted by molar-refractivity contribution is -0.117. The van der Waals surface area contributed by atoms with Crippen molar-refractivity contribution in [2.45, 2.75) is 70.3 Å². The van der Waals surface area contributed by atoms with Crippen molar-refractivity contribution in [1.29, 1.82) is 0 Å². The molecular formula is C34H36BrFN2O4. The predicted molar refractivity (Wildman–Crippen MR) is 161 cm³/mol. The molecule has 42 heavy (non-hydrogen) atoms. The summed E-state index contributed by atoms with van der Waals surface area (Å²) in [7, 11) is 0. The Balaban J connectivity index is 1.27. The monoisotopic (exact) mass is 634 g/mol. The lowest BCUT2D eigenvalue weighted by Gasteiger charge is -2.44. The minimum Gasteiger partial charge on any atom is -0.446 e. The Hall–Kier alpha value is -3.26. The maximum atomic E-state index is 14.1. The number of benzene rings is 2. The lowest BCUT2D eigenvalue weighted by Crippen LogP contribution is -2.50. The van der Waals surface area contributed by atoms with Gasteiger partial charge in [0.15, 0.2) is 11.6 Å². The van der Waals surface area contributed by atoms with Gasteiger partial charge in [-0.3, -0.25) is 14.5 Å². The molecule has 2 aliphatic heterocycles. The first-order chi connectivity index (χ1) is 20.0. The zero-order valence-corrected chi connectivity index (χ0v) is 25.8. The number of nitrogens with one attached hydrogen (secondary N) is 1. The number of amides is 1. The molecule has 2 aromatic carbocycles. The molecule has 6 rings (SSSR count). The molecule has 0 bridgehead atoms. The molecule has 1 amide bonds. The molecule has 2 aromatic rings. The quantitative estimate of drug-likeness (QED) is 0.394. The van der Waals surface area contributed by atoms with Crippen LogP contribution >= 0.6 is 15.9 Å². The molecular weight excluding hydrogens is 599 g/mol. The molecule has 0 spiro atoms. The molecule has 1 N–H and O–H groups in total. The van der Waals surface area contributed by atoms with E-state index < -0.39 is 17.8 Å². The Bertz CT molecular complexity index is 1510. The van der Waals surface area contributed by atoms with Crippen molar-refractivity contribution in [2.24, 2.45) is 11.8 Å². The van der Waals surface area contributed by atoms with Gasteiger partial charge in [0.05, 0.1) is 17.6 Å². The highest BCUT2D eigenvalue weighted by atomic mass is 79.9. The molecule has 2 aliphatic carbocycles. The molecule has 1 saturated carbocycles. The van der Waals surface area contributed by atoms with Crippen LogP contribution in [0.2, 0.25) is 0 Å². The van der Waals surface area contributed by atoms with E-state index in [1.54, 1.807) is 12.1 Å². The van der Waals surface area contributed by atoms with Crippen LogP contribution in [0, 0.1) is 17.7 Å². The van der Waals surface area contributed by atoms with Crippen molar-refractivity contribution < 1.29 is 23.5 Å². The summed E-state index contributed by atoms with van der Waals surface area (Å²) in [6, 6.07) is 15.0. The van der Waals surface area contributed by atoms with Gasteiger partial charge in [-0.1, -0.05) is 63.6 Å². The topological polar surface area (TPSA) is 75.7 Å². The van der Waals surface area contributed by atoms with E-state index in [-0.39, 0.29) is 46.6 Å². The number of ketones is 2. The summed E-state index contributed by atoms with van der Waals surface area (Å²) in [5, 5.41) is 3.34. The highest BCUT2D eigenvalue weighted by molar-refractivity contribution is 9.10. The third-order valence-electron chi connectivity index (χ3n) is 9.70. The summed E-state index contributed by atoms with van der Waals surface area (Å²) < 4.78 is 20.6. The SMILES string of the molecule is C[C@@H]1CC[C@@H](C(C)(C)c2ccccc2)[C@H](OC(=O)N2CC(=O)C3=C(C2)NC2=C(C(=O)CC2)[C@H]3c2ccc(F)c(Br)c2)C1.